The van der Waals surface area contributed by atoms with Crippen molar-refractivity contribution in [2.45, 2.75) is 11.3 Å². The fourth-order valence-electron chi connectivity index (χ4n) is 1.70. The standard InChI is InChI=1S/C12H15N3O4S2/c1-15(2)8-3-4-9-10(7-8)21(18,19)14-12(13-9)20-6-5-11(16)17/h3-4,7H,5-6H2,1-2H3,(H,13,14)(H,16,17). The fourth-order valence-corrected chi connectivity index (χ4v) is 3.89. The Balaban J connectivity index is 2.25. The van der Waals surface area contributed by atoms with E-state index in [1.54, 1.807) is 23.1 Å². The van der Waals surface area contributed by atoms with Crippen LogP contribution in [0.25, 0.3) is 0 Å². The van der Waals surface area contributed by atoms with Gasteiger partial charge in [-0.15, -0.1) is 4.40 Å². The summed E-state index contributed by atoms with van der Waals surface area (Å²) in [5.74, 6) is -0.681. The van der Waals surface area contributed by atoms with Crippen LogP contribution in [0.15, 0.2) is 27.5 Å². The summed E-state index contributed by atoms with van der Waals surface area (Å²) in [4.78, 5) is 12.4. The second-order valence-corrected chi connectivity index (χ2v) is 7.22. The minimum Gasteiger partial charge on any atom is -0.481 e. The molecule has 0 aromatic heterocycles. The number of hydrogen-bond donors (Lipinski definition) is 2. The largest absolute Gasteiger partial charge is 0.481 e. The van der Waals surface area contributed by atoms with Gasteiger partial charge >= 0.3 is 5.97 Å². The van der Waals surface area contributed by atoms with Gasteiger partial charge in [0.25, 0.3) is 10.0 Å². The smallest absolute Gasteiger partial charge is 0.304 e. The lowest BCUT2D eigenvalue weighted by atomic mass is 10.2. The van der Waals surface area contributed by atoms with Gasteiger partial charge in [0.15, 0.2) is 5.17 Å². The van der Waals surface area contributed by atoms with Gasteiger partial charge in [-0.2, -0.15) is 8.42 Å². The van der Waals surface area contributed by atoms with Crippen molar-refractivity contribution in [3.05, 3.63) is 18.2 Å². The van der Waals surface area contributed by atoms with Crippen LogP contribution in [0.2, 0.25) is 0 Å². The predicted molar refractivity (Wildman–Crippen MR) is 83.7 cm³/mol. The Morgan fingerprint density at radius 2 is 2.14 bits per heavy atom. The molecule has 1 aliphatic heterocycles. The Hall–Kier alpha value is -1.74. The van der Waals surface area contributed by atoms with Crippen LogP contribution in [0.1, 0.15) is 6.42 Å². The molecule has 0 fully saturated rings. The van der Waals surface area contributed by atoms with E-state index >= 15 is 0 Å². The summed E-state index contributed by atoms with van der Waals surface area (Å²) in [5.41, 5.74) is 1.21. The molecule has 9 heteroatoms. The lowest BCUT2D eigenvalue weighted by Gasteiger charge is -2.20. The van der Waals surface area contributed by atoms with Crippen molar-refractivity contribution in [2.24, 2.45) is 4.40 Å². The maximum Gasteiger partial charge on any atom is 0.304 e. The average Bonchev–Trinajstić information content (AvgIpc) is 2.37. The van der Waals surface area contributed by atoms with Crippen LogP contribution in [0, 0.1) is 0 Å². The van der Waals surface area contributed by atoms with Crippen LogP contribution >= 0.6 is 11.8 Å². The van der Waals surface area contributed by atoms with Crippen LogP contribution < -0.4 is 10.2 Å². The maximum absolute atomic E-state index is 12.2. The number of sulfonamides is 1. The molecule has 7 nitrogen and oxygen atoms in total. The molecule has 2 rings (SSSR count). The molecule has 1 heterocycles. The summed E-state index contributed by atoms with van der Waals surface area (Å²) < 4.78 is 28.0. The molecule has 21 heavy (non-hydrogen) atoms. The van der Waals surface area contributed by atoms with E-state index in [2.05, 4.69) is 9.71 Å². The van der Waals surface area contributed by atoms with Gasteiger partial charge in [-0.25, -0.2) is 0 Å². The molecule has 0 spiro atoms. The number of hydrogen-bond acceptors (Lipinski definition) is 6. The average molecular weight is 329 g/mol. The van der Waals surface area contributed by atoms with Crippen molar-refractivity contribution in [3.8, 4) is 0 Å². The van der Waals surface area contributed by atoms with E-state index < -0.39 is 16.0 Å². The molecule has 0 atom stereocenters. The Morgan fingerprint density at radius 1 is 1.43 bits per heavy atom. The summed E-state index contributed by atoms with van der Waals surface area (Å²) in [7, 11) is -0.126. The molecule has 0 saturated heterocycles. The number of anilines is 2. The zero-order valence-corrected chi connectivity index (χ0v) is 13.2. The first kappa shape index (κ1) is 15.6. The van der Waals surface area contributed by atoms with Gasteiger partial charge in [0.05, 0.1) is 12.1 Å². The number of carboxylic acids is 1. The molecule has 1 aromatic carbocycles. The number of rotatable bonds is 4. The summed E-state index contributed by atoms with van der Waals surface area (Å²) in [6.07, 6.45) is -0.0577. The molecule has 0 aliphatic carbocycles. The Kier molecular flexibility index (Phi) is 4.43. The molecule has 114 valence electrons. The topological polar surface area (TPSA) is 99.1 Å². The van der Waals surface area contributed by atoms with Gasteiger partial charge in [0.1, 0.15) is 4.90 Å². The van der Waals surface area contributed by atoms with E-state index in [1.165, 1.54) is 0 Å². The summed E-state index contributed by atoms with van der Waals surface area (Å²) in [6, 6.07) is 5.03. The summed E-state index contributed by atoms with van der Waals surface area (Å²) in [5, 5.41) is 11.7. The number of aliphatic carboxylic acids is 1. The van der Waals surface area contributed by atoms with Crippen LogP contribution in [0.4, 0.5) is 11.4 Å². The fraction of sp³-hybridized carbons (Fsp3) is 0.333. The lowest BCUT2D eigenvalue weighted by Crippen LogP contribution is -2.20. The van der Waals surface area contributed by atoms with E-state index in [9.17, 15) is 13.2 Å². The van der Waals surface area contributed by atoms with Crippen LogP contribution in [-0.4, -0.2) is 44.5 Å². The number of carbonyl (C=O) groups is 1. The van der Waals surface area contributed by atoms with Crippen molar-refractivity contribution >= 4 is 44.3 Å². The van der Waals surface area contributed by atoms with Crippen molar-refractivity contribution in [1.29, 1.82) is 0 Å². The van der Waals surface area contributed by atoms with Gasteiger partial charge in [-0.1, -0.05) is 11.8 Å². The van der Waals surface area contributed by atoms with Gasteiger partial charge in [-0.05, 0) is 18.2 Å². The highest BCUT2D eigenvalue weighted by Gasteiger charge is 2.25. The number of amidine groups is 1. The second-order valence-electron chi connectivity index (χ2n) is 4.56. The van der Waals surface area contributed by atoms with E-state index in [4.69, 9.17) is 5.11 Å². The molecule has 0 saturated carbocycles. The minimum absolute atomic E-state index is 0.0577. The predicted octanol–water partition coefficient (Wildman–Crippen LogP) is 1.43. The van der Waals surface area contributed by atoms with Gasteiger partial charge in [-0.3, -0.25) is 4.79 Å². The van der Waals surface area contributed by atoms with Crippen molar-refractivity contribution in [3.63, 3.8) is 0 Å². The number of fused-ring (bicyclic) bond motifs is 1. The third kappa shape index (κ3) is 3.67. The number of nitrogens with one attached hydrogen (secondary N) is 1. The highest BCUT2D eigenvalue weighted by Crippen LogP contribution is 2.32. The van der Waals surface area contributed by atoms with Crippen LogP contribution in [-0.2, 0) is 14.8 Å². The Labute approximate surface area is 127 Å². The first-order valence-corrected chi connectivity index (χ1v) is 8.50. The molecule has 0 bridgehead atoms. The quantitative estimate of drug-likeness (QED) is 0.862. The Bertz CT molecular complexity index is 698. The number of thioether (sulfide) groups is 1. The van der Waals surface area contributed by atoms with E-state index in [0.29, 0.717) is 5.69 Å². The van der Waals surface area contributed by atoms with Gasteiger partial charge < -0.3 is 15.3 Å². The van der Waals surface area contributed by atoms with E-state index in [-0.39, 0.29) is 22.2 Å². The monoisotopic (exact) mass is 329 g/mol. The first-order chi connectivity index (χ1) is 9.79. The van der Waals surface area contributed by atoms with Gasteiger partial charge in [0.2, 0.25) is 0 Å². The van der Waals surface area contributed by atoms with Crippen molar-refractivity contribution < 1.29 is 18.3 Å². The van der Waals surface area contributed by atoms with E-state index in [1.807, 2.05) is 14.1 Å². The molecule has 0 amide bonds. The minimum atomic E-state index is -3.77. The third-order valence-corrected chi connectivity index (χ3v) is 5.07. The highest BCUT2D eigenvalue weighted by molar-refractivity contribution is 8.14. The lowest BCUT2D eigenvalue weighted by molar-refractivity contribution is -0.136. The van der Waals surface area contributed by atoms with Gasteiger partial charge in [0, 0.05) is 25.5 Å². The zero-order chi connectivity index (χ0) is 15.6. The zero-order valence-electron chi connectivity index (χ0n) is 11.5. The summed E-state index contributed by atoms with van der Waals surface area (Å²) in [6.45, 7) is 0. The van der Waals surface area contributed by atoms with Crippen molar-refractivity contribution in [1.82, 2.24) is 0 Å². The molecular weight excluding hydrogens is 314 g/mol. The molecular formula is C12H15N3O4S2. The van der Waals surface area contributed by atoms with Crippen LogP contribution in [0.5, 0.6) is 0 Å². The normalized spacial score (nSPS) is 15.6. The molecule has 0 radical (unpaired) electrons. The number of nitrogens with zero attached hydrogens (tertiary/aromatic N) is 2. The van der Waals surface area contributed by atoms with Crippen LogP contribution in [0.3, 0.4) is 0 Å². The third-order valence-electron chi connectivity index (χ3n) is 2.76. The number of carboxylic acid groups (broad SMARTS) is 1. The number of benzene rings is 1. The molecule has 2 N–H and O–H groups in total. The molecule has 0 unspecified atom stereocenters. The first-order valence-electron chi connectivity index (χ1n) is 6.07. The highest BCUT2D eigenvalue weighted by atomic mass is 32.2. The molecule has 1 aromatic rings. The molecule has 1 aliphatic rings. The second kappa shape index (κ2) is 5.94. The summed E-state index contributed by atoms with van der Waals surface area (Å²) >= 11 is 1.07. The SMILES string of the molecule is CN(C)c1ccc2c(c1)S(=O)(=O)N=C(SCCC(=O)O)N2. The van der Waals surface area contributed by atoms with E-state index in [0.717, 1.165) is 17.4 Å². The Morgan fingerprint density at radius 3 is 2.76 bits per heavy atom. The maximum atomic E-state index is 12.2. The van der Waals surface area contributed by atoms with Crippen molar-refractivity contribution in [2.75, 3.05) is 30.1 Å².